The Hall–Kier alpha value is -1.12. The van der Waals surface area contributed by atoms with Gasteiger partial charge >= 0.3 is 0 Å². The molecule has 1 N–H and O–H groups in total. The van der Waals surface area contributed by atoms with Crippen molar-refractivity contribution in [2.24, 2.45) is 0 Å². The first-order valence-electron chi connectivity index (χ1n) is 7.48. The van der Waals surface area contributed by atoms with E-state index in [0.29, 0.717) is 5.75 Å². The van der Waals surface area contributed by atoms with Crippen LogP contribution in [0.25, 0.3) is 0 Å². The van der Waals surface area contributed by atoms with Crippen molar-refractivity contribution in [2.45, 2.75) is 43.6 Å². The Morgan fingerprint density at radius 2 is 2.26 bits per heavy atom. The van der Waals surface area contributed by atoms with Crippen molar-refractivity contribution in [3.63, 3.8) is 0 Å². The van der Waals surface area contributed by atoms with E-state index < -0.39 is 0 Å². The second-order valence-corrected chi connectivity index (χ2v) is 9.67. The zero-order valence-corrected chi connectivity index (χ0v) is 15.9. The second kappa shape index (κ2) is 6.78. The Morgan fingerprint density at radius 3 is 3.04 bits per heavy atom. The maximum atomic E-state index is 12.4. The first-order valence-corrected chi connectivity index (χ1v) is 10.2. The van der Waals surface area contributed by atoms with E-state index in [1.54, 1.807) is 11.3 Å². The Labute approximate surface area is 148 Å². The van der Waals surface area contributed by atoms with E-state index in [-0.39, 0.29) is 11.4 Å². The molecule has 0 fully saturated rings. The topological polar surface area (TPSA) is 58.1 Å². The van der Waals surface area contributed by atoms with Crippen LogP contribution in [0.15, 0.2) is 15.8 Å². The Kier molecular flexibility index (Phi) is 4.93. The summed E-state index contributed by atoms with van der Waals surface area (Å²) in [4.78, 5) is 15.7. The van der Waals surface area contributed by atoms with Crippen molar-refractivity contribution in [2.75, 3.05) is 17.6 Å². The monoisotopic (exact) mass is 368 g/mol. The molecule has 3 rings (SSSR count). The Balaban J connectivity index is 1.52. The van der Waals surface area contributed by atoms with Crippen LogP contribution in [0.1, 0.15) is 31.2 Å². The molecular weight excluding hydrogens is 348 g/mol. The number of rotatable bonds is 4. The molecule has 2 aromatic rings. The lowest BCUT2D eigenvalue weighted by Crippen LogP contribution is -2.36. The molecule has 0 aliphatic carbocycles. The first-order chi connectivity index (χ1) is 10.9. The highest BCUT2D eigenvalue weighted by atomic mass is 32.2. The van der Waals surface area contributed by atoms with Crippen LogP contribution in [-0.4, -0.2) is 38.8 Å². The average molecular weight is 369 g/mol. The maximum absolute atomic E-state index is 12.4. The SMILES string of the molecule is CC(C)(C)Nc1nnc(SCC(=O)N2CCc3sccc3C2)s1. The molecule has 124 valence electrons. The van der Waals surface area contributed by atoms with Gasteiger partial charge in [0.25, 0.3) is 0 Å². The summed E-state index contributed by atoms with van der Waals surface area (Å²) in [5.41, 5.74) is 1.26. The number of nitrogens with one attached hydrogen (secondary N) is 1. The van der Waals surface area contributed by atoms with Crippen LogP contribution in [-0.2, 0) is 17.8 Å². The van der Waals surface area contributed by atoms with E-state index >= 15 is 0 Å². The zero-order valence-electron chi connectivity index (χ0n) is 13.5. The predicted octanol–water partition coefficient (Wildman–Crippen LogP) is 3.49. The molecule has 3 heterocycles. The van der Waals surface area contributed by atoms with Crippen LogP contribution in [0.5, 0.6) is 0 Å². The van der Waals surface area contributed by atoms with Gasteiger partial charge < -0.3 is 10.2 Å². The van der Waals surface area contributed by atoms with Crippen LogP contribution in [0.4, 0.5) is 5.13 Å². The number of fused-ring (bicyclic) bond motifs is 1. The summed E-state index contributed by atoms with van der Waals surface area (Å²) in [5.74, 6) is 0.594. The number of carbonyl (C=O) groups excluding carboxylic acids is 1. The molecule has 0 aromatic carbocycles. The summed E-state index contributed by atoms with van der Waals surface area (Å²) in [5, 5.41) is 14.5. The summed E-state index contributed by atoms with van der Waals surface area (Å²) < 4.78 is 0.832. The third-order valence-electron chi connectivity index (χ3n) is 3.37. The van der Waals surface area contributed by atoms with E-state index in [0.717, 1.165) is 29.0 Å². The third-order valence-corrected chi connectivity index (χ3v) is 6.35. The summed E-state index contributed by atoms with van der Waals surface area (Å²) >= 11 is 4.76. The fourth-order valence-corrected chi connectivity index (χ4v) is 5.07. The smallest absolute Gasteiger partial charge is 0.233 e. The van der Waals surface area contributed by atoms with Gasteiger partial charge in [-0.2, -0.15) is 0 Å². The molecular formula is C15H20N4OS3. The van der Waals surface area contributed by atoms with Gasteiger partial charge in [-0.05, 0) is 44.2 Å². The molecule has 23 heavy (non-hydrogen) atoms. The molecule has 0 saturated heterocycles. The van der Waals surface area contributed by atoms with Gasteiger partial charge in [0.2, 0.25) is 11.0 Å². The zero-order chi connectivity index (χ0) is 16.4. The minimum Gasteiger partial charge on any atom is -0.355 e. The standard InChI is InChI=1S/C15H20N4OS3/c1-15(2,3)16-13-17-18-14(23-13)22-9-12(20)19-6-4-11-10(8-19)5-7-21-11/h5,7H,4,6,8-9H2,1-3H3,(H,16,17). The summed E-state index contributed by atoms with van der Waals surface area (Å²) in [6, 6.07) is 2.13. The Bertz CT molecular complexity index is 689. The molecule has 1 aliphatic heterocycles. The quantitative estimate of drug-likeness (QED) is 0.837. The van der Waals surface area contributed by atoms with Crippen LogP contribution < -0.4 is 5.32 Å². The van der Waals surface area contributed by atoms with E-state index in [1.807, 2.05) is 4.90 Å². The summed E-state index contributed by atoms with van der Waals surface area (Å²) in [6.45, 7) is 7.81. The number of thiophene rings is 1. The van der Waals surface area contributed by atoms with Crippen molar-refractivity contribution >= 4 is 45.5 Å². The van der Waals surface area contributed by atoms with Gasteiger partial charge in [0.05, 0.1) is 5.75 Å². The second-order valence-electron chi connectivity index (χ2n) is 6.47. The van der Waals surface area contributed by atoms with Crippen molar-refractivity contribution < 1.29 is 4.79 Å². The van der Waals surface area contributed by atoms with Gasteiger partial charge in [0.1, 0.15) is 0 Å². The highest BCUT2D eigenvalue weighted by molar-refractivity contribution is 8.01. The maximum Gasteiger partial charge on any atom is 0.233 e. The minimum absolute atomic E-state index is 0.0384. The highest BCUT2D eigenvalue weighted by Crippen LogP contribution is 2.28. The van der Waals surface area contributed by atoms with Crippen molar-refractivity contribution in [3.05, 3.63) is 21.9 Å². The van der Waals surface area contributed by atoms with Gasteiger partial charge in [-0.1, -0.05) is 23.1 Å². The lowest BCUT2D eigenvalue weighted by Gasteiger charge is -2.26. The molecule has 0 radical (unpaired) electrons. The predicted molar refractivity (Wildman–Crippen MR) is 97.4 cm³/mol. The van der Waals surface area contributed by atoms with Crippen LogP contribution in [0.2, 0.25) is 0 Å². The van der Waals surface area contributed by atoms with E-state index in [2.05, 4.69) is 47.7 Å². The number of carbonyl (C=O) groups is 1. The molecule has 0 saturated carbocycles. The molecule has 5 nitrogen and oxygen atoms in total. The van der Waals surface area contributed by atoms with Crippen LogP contribution in [0.3, 0.4) is 0 Å². The fourth-order valence-electron chi connectivity index (χ4n) is 2.32. The highest BCUT2D eigenvalue weighted by Gasteiger charge is 2.22. The summed E-state index contributed by atoms with van der Waals surface area (Å²) in [7, 11) is 0. The molecule has 0 spiro atoms. The molecule has 8 heteroatoms. The van der Waals surface area contributed by atoms with Gasteiger partial charge in [0.15, 0.2) is 4.34 Å². The largest absolute Gasteiger partial charge is 0.355 e. The average Bonchev–Trinajstić information content (AvgIpc) is 3.11. The molecule has 1 amide bonds. The van der Waals surface area contributed by atoms with Crippen molar-refractivity contribution in [1.82, 2.24) is 15.1 Å². The summed E-state index contributed by atoms with van der Waals surface area (Å²) in [6.07, 6.45) is 0.974. The molecule has 0 unspecified atom stereocenters. The van der Waals surface area contributed by atoms with E-state index in [9.17, 15) is 4.79 Å². The third kappa shape index (κ3) is 4.45. The van der Waals surface area contributed by atoms with Crippen LogP contribution >= 0.6 is 34.4 Å². The number of hydrogen-bond acceptors (Lipinski definition) is 7. The molecule has 0 atom stereocenters. The lowest BCUT2D eigenvalue weighted by atomic mass is 10.1. The number of hydrogen-bond donors (Lipinski definition) is 1. The van der Waals surface area contributed by atoms with Crippen molar-refractivity contribution in [1.29, 1.82) is 0 Å². The van der Waals surface area contributed by atoms with Gasteiger partial charge in [-0.3, -0.25) is 4.79 Å². The van der Waals surface area contributed by atoms with E-state index in [1.165, 1.54) is 33.5 Å². The van der Waals surface area contributed by atoms with E-state index in [4.69, 9.17) is 0 Å². The normalized spacial score (nSPS) is 14.7. The minimum atomic E-state index is -0.0384. The number of anilines is 1. The van der Waals surface area contributed by atoms with Crippen molar-refractivity contribution in [3.8, 4) is 0 Å². The lowest BCUT2D eigenvalue weighted by molar-refractivity contribution is -0.129. The fraction of sp³-hybridized carbons (Fsp3) is 0.533. The van der Waals surface area contributed by atoms with Gasteiger partial charge in [-0.15, -0.1) is 21.5 Å². The number of thioether (sulfide) groups is 1. The number of amides is 1. The van der Waals surface area contributed by atoms with Crippen LogP contribution in [0, 0.1) is 0 Å². The Morgan fingerprint density at radius 1 is 1.43 bits per heavy atom. The molecule has 0 bridgehead atoms. The molecule has 1 aliphatic rings. The van der Waals surface area contributed by atoms with Gasteiger partial charge in [-0.25, -0.2) is 0 Å². The number of aromatic nitrogens is 2. The first kappa shape index (κ1) is 16.7. The molecule has 2 aromatic heterocycles. The number of nitrogens with zero attached hydrogens (tertiary/aromatic N) is 3. The van der Waals surface area contributed by atoms with Gasteiger partial charge in [0, 0.05) is 23.5 Å².